The van der Waals surface area contributed by atoms with Crippen molar-refractivity contribution in [3.8, 4) is 11.4 Å². The minimum atomic E-state index is -0.311. The molecule has 4 saturated carbocycles. The monoisotopic (exact) mass is 383 g/mol. The van der Waals surface area contributed by atoms with Gasteiger partial charge in [-0.3, -0.25) is 4.79 Å². The molecule has 6 rings (SSSR count). The molecule has 0 spiro atoms. The third kappa shape index (κ3) is 3.20. The van der Waals surface area contributed by atoms with E-state index in [1.165, 1.54) is 55.5 Å². The second-order valence-electron chi connectivity index (χ2n) is 9.22. The van der Waals surface area contributed by atoms with Crippen molar-refractivity contribution in [1.29, 1.82) is 0 Å². The van der Waals surface area contributed by atoms with Crippen molar-refractivity contribution >= 4 is 5.91 Å². The number of rotatable bonds is 5. The van der Waals surface area contributed by atoms with Crippen molar-refractivity contribution in [3.05, 3.63) is 30.1 Å². The summed E-state index contributed by atoms with van der Waals surface area (Å²) in [5.74, 6) is 2.59. The minimum absolute atomic E-state index is 0.0465. The van der Waals surface area contributed by atoms with Crippen molar-refractivity contribution in [2.24, 2.45) is 23.2 Å². The quantitative estimate of drug-likeness (QED) is 0.861. The maximum absolute atomic E-state index is 13.1. The third-order valence-corrected chi connectivity index (χ3v) is 7.22. The zero-order chi connectivity index (χ0) is 19.3. The molecule has 4 aliphatic rings. The summed E-state index contributed by atoms with van der Waals surface area (Å²) in [5.41, 5.74) is 0.953. The number of nitrogens with one attached hydrogen (secondary N) is 1. The van der Waals surface area contributed by atoms with E-state index in [2.05, 4.69) is 27.7 Å². The zero-order valence-electron chi connectivity index (χ0n) is 16.1. The van der Waals surface area contributed by atoms with Crippen LogP contribution in [-0.4, -0.2) is 32.2 Å². The molecule has 0 saturated heterocycles. The Labute approximate surface area is 163 Å². The van der Waals surface area contributed by atoms with Gasteiger partial charge < -0.3 is 5.32 Å². The van der Waals surface area contributed by atoms with Gasteiger partial charge in [0.2, 0.25) is 11.7 Å². The SMILES string of the molecule is C[C@@H](NC(=O)Cn1nnc(-c2ccc(F)cc2)n1)C12CC3CC(CC(C3)C1)C2. The molecule has 148 valence electrons. The maximum atomic E-state index is 13.1. The van der Waals surface area contributed by atoms with E-state index in [1.54, 1.807) is 12.1 Å². The number of carbonyl (C=O) groups excluding carboxylic acids is 1. The fourth-order valence-electron chi connectivity index (χ4n) is 6.30. The van der Waals surface area contributed by atoms with Gasteiger partial charge in [-0.2, -0.15) is 4.80 Å². The van der Waals surface area contributed by atoms with E-state index in [-0.39, 0.29) is 29.7 Å². The molecule has 1 heterocycles. The molecule has 4 bridgehead atoms. The van der Waals surface area contributed by atoms with Gasteiger partial charge in [0.05, 0.1) is 0 Å². The molecule has 28 heavy (non-hydrogen) atoms. The van der Waals surface area contributed by atoms with E-state index in [0.29, 0.717) is 11.4 Å². The number of tetrazole rings is 1. The lowest BCUT2D eigenvalue weighted by molar-refractivity contribution is -0.126. The second-order valence-corrected chi connectivity index (χ2v) is 9.22. The highest BCUT2D eigenvalue weighted by Crippen LogP contribution is 2.61. The maximum Gasteiger partial charge on any atom is 0.243 e. The van der Waals surface area contributed by atoms with Gasteiger partial charge in [0.1, 0.15) is 12.4 Å². The first-order chi connectivity index (χ1) is 13.5. The lowest BCUT2D eigenvalue weighted by Crippen LogP contribution is -2.56. The number of hydrogen-bond acceptors (Lipinski definition) is 4. The summed E-state index contributed by atoms with van der Waals surface area (Å²) in [6, 6.07) is 6.09. The molecule has 6 nitrogen and oxygen atoms in total. The van der Waals surface area contributed by atoms with Crippen molar-refractivity contribution in [1.82, 2.24) is 25.5 Å². The van der Waals surface area contributed by atoms with Crippen LogP contribution in [0.5, 0.6) is 0 Å². The number of hydrogen-bond donors (Lipinski definition) is 1. The van der Waals surface area contributed by atoms with Gasteiger partial charge in [-0.15, -0.1) is 10.2 Å². The molecule has 4 aliphatic carbocycles. The highest BCUT2D eigenvalue weighted by Gasteiger charge is 2.53. The van der Waals surface area contributed by atoms with Crippen LogP contribution in [0.4, 0.5) is 4.39 Å². The van der Waals surface area contributed by atoms with Crippen molar-refractivity contribution in [2.75, 3.05) is 0 Å². The molecule has 0 aliphatic heterocycles. The van der Waals surface area contributed by atoms with Crippen LogP contribution in [-0.2, 0) is 11.3 Å². The highest BCUT2D eigenvalue weighted by molar-refractivity contribution is 5.76. The van der Waals surface area contributed by atoms with Crippen LogP contribution in [0.1, 0.15) is 45.4 Å². The van der Waals surface area contributed by atoms with E-state index in [9.17, 15) is 9.18 Å². The van der Waals surface area contributed by atoms with Crippen molar-refractivity contribution < 1.29 is 9.18 Å². The van der Waals surface area contributed by atoms with Gasteiger partial charge in [-0.25, -0.2) is 4.39 Å². The van der Waals surface area contributed by atoms with Gasteiger partial charge in [0.15, 0.2) is 0 Å². The van der Waals surface area contributed by atoms with Gasteiger partial charge in [0, 0.05) is 11.6 Å². The van der Waals surface area contributed by atoms with Crippen LogP contribution in [0, 0.1) is 29.0 Å². The Hall–Kier alpha value is -2.31. The molecule has 1 amide bonds. The number of aromatic nitrogens is 4. The summed E-state index contributed by atoms with van der Waals surface area (Å²) in [7, 11) is 0. The molecule has 4 fully saturated rings. The molecular weight excluding hydrogens is 357 g/mol. The summed E-state index contributed by atoms with van der Waals surface area (Å²) >= 11 is 0. The number of carbonyl (C=O) groups is 1. The van der Waals surface area contributed by atoms with E-state index in [4.69, 9.17) is 0 Å². The minimum Gasteiger partial charge on any atom is -0.351 e. The van der Waals surface area contributed by atoms with Crippen molar-refractivity contribution in [3.63, 3.8) is 0 Å². The fourth-order valence-corrected chi connectivity index (χ4v) is 6.30. The van der Waals surface area contributed by atoms with E-state index in [0.717, 1.165) is 17.8 Å². The lowest BCUT2D eigenvalue weighted by atomic mass is 9.48. The van der Waals surface area contributed by atoms with E-state index in [1.807, 2.05) is 0 Å². The van der Waals surface area contributed by atoms with E-state index >= 15 is 0 Å². The van der Waals surface area contributed by atoms with Gasteiger partial charge in [0.25, 0.3) is 0 Å². The first kappa shape index (κ1) is 17.8. The normalized spacial score (nSPS) is 31.7. The predicted molar refractivity (Wildman–Crippen MR) is 101 cm³/mol. The Bertz CT molecular complexity index is 842. The number of benzene rings is 1. The molecular formula is C21H26FN5O. The summed E-state index contributed by atoms with van der Waals surface area (Å²) in [5, 5.41) is 15.4. The van der Waals surface area contributed by atoms with Crippen LogP contribution < -0.4 is 5.32 Å². The van der Waals surface area contributed by atoms with Gasteiger partial charge >= 0.3 is 0 Å². The van der Waals surface area contributed by atoms with Crippen LogP contribution in [0.3, 0.4) is 0 Å². The van der Waals surface area contributed by atoms with Crippen molar-refractivity contribution in [2.45, 2.75) is 58.0 Å². The topological polar surface area (TPSA) is 72.7 Å². The largest absolute Gasteiger partial charge is 0.351 e. The Kier molecular flexibility index (Phi) is 4.21. The molecule has 1 N–H and O–H groups in total. The van der Waals surface area contributed by atoms with Crippen LogP contribution in [0.25, 0.3) is 11.4 Å². The average molecular weight is 383 g/mol. The van der Waals surface area contributed by atoms with Crippen LogP contribution >= 0.6 is 0 Å². The Morgan fingerprint density at radius 1 is 1.18 bits per heavy atom. The molecule has 1 aromatic heterocycles. The average Bonchev–Trinajstić information content (AvgIpc) is 3.09. The molecule has 0 radical (unpaired) electrons. The van der Waals surface area contributed by atoms with Gasteiger partial charge in [-0.05, 0) is 98.1 Å². The molecule has 2 aromatic rings. The molecule has 7 heteroatoms. The summed E-state index contributed by atoms with van der Waals surface area (Å²) < 4.78 is 13.1. The first-order valence-corrected chi connectivity index (χ1v) is 10.3. The fraction of sp³-hybridized carbons (Fsp3) is 0.619. The highest BCUT2D eigenvalue weighted by atomic mass is 19.1. The number of halogens is 1. The van der Waals surface area contributed by atoms with Crippen LogP contribution in [0.2, 0.25) is 0 Å². The van der Waals surface area contributed by atoms with Crippen LogP contribution in [0.15, 0.2) is 24.3 Å². The molecule has 1 atom stereocenters. The number of amides is 1. The summed E-state index contributed by atoms with van der Waals surface area (Å²) in [6.45, 7) is 2.22. The Balaban J connectivity index is 1.22. The van der Waals surface area contributed by atoms with E-state index < -0.39 is 0 Å². The second kappa shape index (κ2) is 6.64. The smallest absolute Gasteiger partial charge is 0.243 e. The first-order valence-electron chi connectivity index (χ1n) is 10.3. The summed E-state index contributed by atoms with van der Waals surface area (Å²) in [4.78, 5) is 13.9. The zero-order valence-corrected chi connectivity index (χ0v) is 16.1. The molecule has 0 unspecified atom stereocenters. The standard InChI is InChI=1S/C21H26FN5O/c1-13(21-9-14-6-15(10-21)8-16(7-14)11-21)23-19(28)12-27-25-20(24-26-27)17-2-4-18(22)5-3-17/h2-5,13-16H,6-12H2,1H3,(H,23,28)/t13-,14?,15?,16?,21?/m1/s1. The number of nitrogens with zero attached hydrogens (tertiary/aromatic N) is 4. The predicted octanol–water partition coefficient (Wildman–Crippen LogP) is 3.20. The summed E-state index contributed by atoms with van der Waals surface area (Å²) in [6.07, 6.45) is 7.98. The molecule has 1 aromatic carbocycles. The van der Waals surface area contributed by atoms with Gasteiger partial charge in [-0.1, -0.05) is 0 Å². The third-order valence-electron chi connectivity index (χ3n) is 7.22. The Morgan fingerprint density at radius 3 is 2.39 bits per heavy atom. The Morgan fingerprint density at radius 2 is 1.79 bits per heavy atom. The lowest BCUT2D eigenvalue weighted by Gasteiger charge is -2.59.